The molecule has 0 spiro atoms. The van der Waals surface area contributed by atoms with Gasteiger partial charge in [-0.25, -0.2) is 0 Å². The van der Waals surface area contributed by atoms with Crippen LogP contribution in [0.5, 0.6) is 5.75 Å². The minimum atomic E-state index is 0.0474. The molecule has 94 valence electrons. The molecule has 0 unspecified atom stereocenters. The first-order valence-corrected chi connectivity index (χ1v) is 7.18. The zero-order valence-corrected chi connectivity index (χ0v) is 11.2. The van der Waals surface area contributed by atoms with E-state index in [0.29, 0.717) is 13.0 Å². The summed E-state index contributed by atoms with van der Waals surface area (Å²) >= 11 is 1.76. The van der Waals surface area contributed by atoms with Crippen molar-refractivity contribution in [3.8, 4) is 5.75 Å². The molecule has 0 aromatic heterocycles. The Morgan fingerprint density at radius 2 is 2.18 bits per heavy atom. The van der Waals surface area contributed by atoms with Crippen LogP contribution in [0.4, 0.5) is 5.69 Å². The minimum absolute atomic E-state index is 0.0474. The van der Waals surface area contributed by atoms with E-state index in [-0.39, 0.29) is 5.91 Å². The number of hydrogen-bond acceptors (Lipinski definition) is 3. The molecule has 17 heavy (non-hydrogen) atoms. The molecular formula is C13H19NO2S. The molecular weight excluding hydrogens is 234 g/mol. The van der Waals surface area contributed by atoms with Gasteiger partial charge in [0.15, 0.2) is 0 Å². The maximum absolute atomic E-state index is 11.7. The SMILES string of the molecule is CCOc1ccccc1NC(=O)CCCSC. The monoisotopic (exact) mass is 253 g/mol. The topological polar surface area (TPSA) is 38.3 Å². The normalized spacial score (nSPS) is 10.0. The van der Waals surface area contributed by atoms with Crippen LogP contribution in [0, 0.1) is 0 Å². The lowest BCUT2D eigenvalue weighted by atomic mass is 10.2. The highest BCUT2D eigenvalue weighted by atomic mass is 32.2. The van der Waals surface area contributed by atoms with Crippen molar-refractivity contribution in [3.63, 3.8) is 0 Å². The van der Waals surface area contributed by atoms with Crippen LogP contribution in [0.3, 0.4) is 0 Å². The van der Waals surface area contributed by atoms with E-state index < -0.39 is 0 Å². The molecule has 0 saturated carbocycles. The quantitative estimate of drug-likeness (QED) is 0.759. The van der Waals surface area contributed by atoms with Gasteiger partial charge in [0.05, 0.1) is 12.3 Å². The van der Waals surface area contributed by atoms with Crippen molar-refractivity contribution in [2.45, 2.75) is 19.8 Å². The van der Waals surface area contributed by atoms with Crippen LogP contribution in [0.2, 0.25) is 0 Å². The number of amides is 1. The summed E-state index contributed by atoms with van der Waals surface area (Å²) in [5, 5.41) is 2.88. The summed E-state index contributed by atoms with van der Waals surface area (Å²) in [7, 11) is 0. The molecule has 1 rings (SSSR count). The summed E-state index contributed by atoms with van der Waals surface area (Å²) in [6.45, 7) is 2.52. The fourth-order valence-corrected chi connectivity index (χ4v) is 1.87. The average Bonchev–Trinajstić information content (AvgIpc) is 2.32. The molecule has 1 N–H and O–H groups in total. The molecule has 1 amide bonds. The van der Waals surface area contributed by atoms with Gasteiger partial charge in [0.25, 0.3) is 0 Å². The van der Waals surface area contributed by atoms with Crippen molar-refractivity contribution in [1.29, 1.82) is 0 Å². The number of hydrogen-bond donors (Lipinski definition) is 1. The fourth-order valence-electron chi connectivity index (χ4n) is 1.44. The van der Waals surface area contributed by atoms with E-state index in [1.54, 1.807) is 11.8 Å². The van der Waals surface area contributed by atoms with Crippen LogP contribution < -0.4 is 10.1 Å². The molecule has 1 aromatic rings. The maximum atomic E-state index is 11.7. The predicted octanol–water partition coefficient (Wildman–Crippen LogP) is 3.17. The second kappa shape index (κ2) is 8.01. The lowest BCUT2D eigenvalue weighted by molar-refractivity contribution is -0.116. The van der Waals surface area contributed by atoms with Gasteiger partial charge in [0.2, 0.25) is 5.91 Å². The first-order chi connectivity index (χ1) is 8.27. The lowest BCUT2D eigenvalue weighted by Crippen LogP contribution is -2.12. The molecule has 4 heteroatoms. The highest BCUT2D eigenvalue weighted by molar-refractivity contribution is 7.98. The highest BCUT2D eigenvalue weighted by Gasteiger charge is 2.06. The lowest BCUT2D eigenvalue weighted by Gasteiger charge is -2.10. The summed E-state index contributed by atoms with van der Waals surface area (Å²) in [5.41, 5.74) is 0.753. The molecule has 1 aromatic carbocycles. The Bertz CT molecular complexity index is 355. The second-order valence-electron chi connectivity index (χ2n) is 3.57. The van der Waals surface area contributed by atoms with Crippen LogP contribution >= 0.6 is 11.8 Å². The average molecular weight is 253 g/mol. The Morgan fingerprint density at radius 1 is 1.41 bits per heavy atom. The van der Waals surface area contributed by atoms with Crippen LogP contribution in [0.15, 0.2) is 24.3 Å². The van der Waals surface area contributed by atoms with Gasteiger partial charge < -0.3 is 10.1 Å². The van der Waals surface area contributed by atoms with E-state index in [1.165, 1.54) is 0 Å². The molecule has 0 bridgehead atoms. The van der Waals surface area contributed by atoms with E-state index in [1.807, 2.05) is 37.4 Å². The molecule has 0 aliphatic rings. The number of para-hydroxylation sites is 2. The molecule has 0 aliphatic carbocycles. The Balaban J connectivity index is 2.52. The van der Waals surface area contributed by atoms with Gasteiger partial charge in [-0.15, -0.1) is 0 Å². The molecule has 0 saturated heterocycles. The van der Waals surface area contributed by atoms with Gasteiger partial charge in [-0.2, -0.15) is 11.8 Å². The first kappa shape index (κ1) is 13.9. The van der Waals surface area contributed by atoms with Gasteiger partial charge in [0, 0.05) is 6.42 Å². The Morgan fingerprint density at radius 3 is 2.88 bits per heavy atom. The first-order valence-electron chi connectivity index (χ1n) is 5.78. The van der Waals surface area contributed by atoms with Gasteiger partial charge in [-0.3, -0.25) is 4.79 Å². The smallest absolute Gasteiger partial charge is 0.224 e. The second-order valence-corrected chi connectivity index (χ2v) is 4.56. The Kier molecular flexibility index (Phi) is 6.55. The van der Waals surface area contributed by atoms with E-state index >= 15 is 0 Å². The maximum Gasteiger partial charge on any atom is 0.224 e. The van der Waals surface area contributed by atoms with Gasteiger partial charge >= 0.3 is 0 Å². The predicted molar refractivity (Wildman–Crippen MR) is 73.9 cm³/mol. The van der Waals surface area contributed by atoms with Crippen LogP contribution in [0.1, 0.15) is 19.8 Å². The van der Waals surface area contributed by atoms with Crippen molar-refractivity contribution >= 4 is 23.4 Å². The molecule has 0 fully saturated rings. The van der Waals surface area contributed by atoms with E-state index in [4.69, 9.17) is 4.74 Å². The van der Waals surface area contributed by atoms with Gasteiger partial charge in [0.1, 0.15) is 5.75 Å². The summed E-state index contributed by atoms with van der Waals surface area (Å²) in [6, 6.07) is 7.51. The van der Waals surface area contributed by atoms with Crippen LogP contribution in [-0.4, -0.2) is 24.5 Å². The third kappa shape index (κ3) is 5.13. The number of carbonyl (C=O) groups excluding carboxylic acids is 1. The van der Waals surface area contributed by atoms with E-state index in [2.05, 4.69) is 5.32 Å². The molecule has 0 heterocycles. The third-order valence-corrected chi connectivity index (χ3v) is 2.91. The van der Waals surface area contributed by atoms with Crippen LogP contribution in [0.25, 0.3) is 0 Å². The van der Waals surface area contributed by atoms with Gasteiger partial charge in [-0.05, 0) is 37.5 Å². The van der Waals surface area contributed by atoms with Crippen molar-refractivity contribution in [3.05, 3.63) is 24.3 Å². The highest BCUT2D eigenvalue weighted by Crippen LogP contribution is 2.23. The summed E-state index contributed by atoms with van der Waals surface area (Å²) in [4.78, 5) is 11.7. The zero-order chi connectivity index (χ0) is 12.5. The fraction of sp³-hybridized carbons (Fsp3) is 0.462. The van der Waals surface area contributed by atoms with E-state index in [9.17, 15) is 4.79 Å². The number of rotatable bonds is 7. The summed E-state index contributed by atoms with van der Waals surface area (Å²) < 4.78 is 5.44. The number of ether oxygens (including phenoxy) is 1. The van der Waals surface area contributed by atoms with Crippen molar-refractivity contribution in [2.24, 2.45) is 0 Å². The molecule has 3 nitrogen and oxygen atoms in total. The zero-order valence-electron chi connectivity index (χ0n) is 10.4. The number of benzene rings is 1. The Hall–Kier alpha value is -1.16. The summed E-state index contributed by atoms with van der Waals surface area (Å²) in [5.74, 6) is 1.79. The number of thioether (sulfide) groups is 1. The molecule has 0 atom stereocenters. The summed E-state index contributed by atoms with van der Waals surface area (Å²) in [6.07, 6.45) is 3.51. The molecule has 0 radical (unpaired) electrons. The minimum Gasteiger partial charge on any atom is -0.492 e. The number of nitrogens with one attached hydrogen (secondary N) is 1. The van der Waals surface area contributed by atoms with Crippen molar-refractivity contribution < 1.29 is 9.53 Å². The van der Waals surface area contributed by atoms with Crippen LogP contribution in [-0.2, 0) is 4.79 Å². The number of carbonyl (C=O) groups is 1. The molecule has 0 aliphatic heterocycles. The van der Waals surface area contributed by atoms with Crippen molar-refractivity contribution in [1.82, 2.24) is 0 Å². The van der Waals surface area contributed by atoms with Crippen molar-refractivity contribution in [2.75, 3.05) is 23.9 Å². The number of anilines is 1. The third-order valence-electron chi connectivity index (χ3n) is 2.21. The largest absolute Gasteiger partial charge is 0.492 e. The van der Waals surface area contributed by atoms with E-state index in [0.717, 1.165) is 23.6 Å². The Labute approximate surface area is 107 Å². The standard InChI is InChI=1S/C13H19NO2S/c1-3-16-12-8-5-4-7-11(12)14-13(15)9-6-10-17-2/h4-5,7-8H,3,6,9-10H2,1-2H3,(H,14,15). The van der Waals surface area contributed by atoms with Gasteiger partial charge in [-0.1, -0.05) is 12.1 Å².